The van der Waals surface area contributed by atoms with Crippen LogP contribution in [0.1, 0.15) is 6.92 Å². The molecular formula is C20H16F2N4O3S2. The Morgan fingerprint density at radius 2 is 1.97 bits per heavy atom. The summed E-state index contributed by atoms with van der Waals surface area (Å²) in [7, 11) is -3.80. The van der Waals surface area contributed by atoms with Gasteiger partial charge in [0.1, 0.15) is 21.7 Å². The molecule has 3 N–H and O–H groups in total. The maximum absolute atomic E-state index is 14.0. The molecule has 0 spiro atoms. The fraction of sp³-hybridized carbons (Fsp3) is 0.100. The van der Waals surface area contributed by atoms with E-state index in [1.165, 1.54) is 13.0 Å². The van der Waals surface area contributed by atoms with E-state index in [1.807, 2.05) is 0 Å². The fourth-order valence-electron chi connectivity index (χ4n) is 2.91. The van der Waals surface area contributed by atoms with Crippen molar-refractivity contribution in [1.29, 1.82) is 0 Å². The lowest BCUT2D eigenvalue weighted by molar-refractivity contribution is -0.117. The molecule has 0 saturated carbocycles. The van der Waals surface area contributed by atoms with Crippen molar-refractivity contribution < 1.29 is 22.0 Å². The van der Waals surface area contributed by atoms with E-state index in [1.54, 1.807) is 29.6 Å². The molecule has 11 heteroatoms. The van der Waals surface area contributed by atoms with Gasteiger partial charge in [0.25, 0.3) is 10.0 Å². The molecule has 160 valence electrons. The summed E-state index contributed by atoms with van der Waals surface area (Å²) in [4.78, 5) is 19.6. The molecule has 4 aromatic rings. The van der Waals surface area contributed by atoms with Crippen LogP contribution >= 0.6 is 11.3 Å². The molecule has 0 radical (unpaired) electrons. The Labute approximate surface area is 180 Å². The molecule has 0 aliphatic rings. The number of rotatable bonds is 6. The highest BCUT2D eigenvalue weighted by atomic mass is 32.2. The first-order valence-corrected chi connectivity index (χ1v) is 11.4. The number of thiophene rings is 1. The van der Waals surface area contributed by atoms with Crippen LogP contribution in [0.15, 0.2) is 58.1 Å². The number of H-pyrrole nitrogens is 1. The number of imidazole rings is 1. The summed E-state index contributed by atoms with van der Waals surface area (Å²) in [6, 6.07) is 9.84. The van der Waals surface area contributed by atoms with Gasteiger partial charge in [-0.3, -0.25) is 4.79 Å². The number of nitrogens with zero attached hydrogens (tertiary/aromatic N) is 1. The third-order valence-corrected chi connectivity index (χ3v) is 7.36. The minimum absolute atomic E-state index is 0.0154. The Morgan fingerprint density at radius 1 is 1.16 bits per heavy atom. The lowest BCUT2D eigenvalue weighted by atomic mass is 10.2. The number of fused-ring (bicyclic) bond motifs is 1. The molecule has 4 rings (SSSR count). The van der Waals surface area contributed by atoms with Crippen LogP contribution in [0.3, 0.4) is 0 Å². The molecule has 0 saturated heterocycles. The number of carbonyl (C=O) groups is 1. The molecule has 0 bridgehead atoms. The number of hydrogen-bond donors (Lipinski definition) is 3. The summed E-state index contributed by atoms with van der Waals surface area (Å²) < 4.78 is 54.5. The number of carbonyl (C=O) groups excluding carboxylic acids is 1. The van der Waals surface area contributed by atoms with E-state index in [-0.39, 0.29) is 15.6 Å². The van der Waals surface area contributed by atoms with Crippen LogP contribution in [-0.2, 0) is 14.8 Å². The van der Waals surface area contributed by atoms with Gasteiger partial charge < -0.3 is 10.3 Å². The molecule has 1 unspecified atom stereocenters. The van der Waals surface area contributed by atoms with Gasteiger partial charge in [-0.05, 0) is 54.8 Å². The van der Waals surface area contributed by atoms with Crippen molar-refractivity contribution in [3.8, 4) is 11.4 Å². The summed E-state index contributed by atoms with van der Waals surface area (Å²) >= 11 is 1.05. The molecular weight excluding hydrogens is 446 g/mol. The second-order valence-corrected chi connectivity index (χ2v) is 9.59. The van der Waals surface area contributed by atoms with Gasteiger partial charge in [0, 0.05) is 5.69 Å². The van der Waals surface area contributed by atoms with Gasteiger partial charge >= 0.3 is 0 Å². The van der Waals surface area contributed by atoms with Crippen LogP contribution in [0.25, 0.3) is 22.4 Å². The molecule has 2 aromatic carbocycles. The summed E-state index contributed by atoms with van der Waals surface area (Å²) in [5.74, 6) is -1.63. The molecule has 2 aromatic heterocycles. The summed E-state index contributed by atoms with van der Waals surface area (Å²) in [6.45, 7) is 1.43. The maximum Gasteiger partial charge on any atom is 0.250 e. The smallest absolute Gasteiger partial charge is 0.250 e. The Balaban J connectivity index is 1.52. The van der Waals surface area contributed by atoms with Crippen LogP contribution in [0.2, 0.25) is 0 Å². The predicted octanol–water partition coefficient (Wildman–Crippen LogP) is 3.88. The number of aromatic amines is 1. The minimum Gasteiger partial charge on any atom is -0.338 e. The monoisotopic (exact) mass is 462 g/mol. The maximum atomic E-state index is 14.0. The molecule has 1 atom stereocenters. The zero-order valence-corrected chi connectivity index (χ0v) is 17.7. The van der Waals surface area contributed by atoms with Crippen LogP contribution in [0, 0.1) is 11.6 Å². The van der Waals surface area contributed by atoms with E-state index in [0.717, 1.165) is 29.5 Å². The van der Waals surface area contributed by atoms with Gasteiger partial charge in [-0.15, -0.1) is 11.3 Å². The summed E-state index contributed by atoms with van der Waals surface area (Å²) in [6.07, 6.45) is 0. The highest BCUT2D eigenvalue weighted by Gasteiger charge is 2.23. The SMILES string of the molecule is CC(NS(=O)(=O)c1cccs1)C(=O)Nc1ccc2nc(-c3cc(F)ccc3F)[nH]c2c1. The topological polar surface area (TPSA) is 104 Å². The number of amides is 1. The van der Waals surface area contributed by atoms with Gasteiger partial charge in [0.15, 0.2) is 0 Å². The number of hydrogen-bond acceptors (Lipinski definition) is 5. The van der Waals surface area contributed by atoms with Crippen molar-refractivity contribution in [2.24, 2.45) is 0 Å². The Kier molecular flexibility index (Phi) is 5.56. The molecule has 2 heterocycles. The van der Waals surface area contributed by atoms with Crippen molar-refractivity contribution in [3.63, 3.8) is 0 Å². The summed E-state index contributed by atoms with van der Waals surface area (Å²) in [5, 5.41) is 4.25. The van der Waals surface area contributed by atoms with E-state index >= 15 is 0 Å². The number of aromatic nitrogens is 2. The van der Waals surface area contributed by atoms with E-state index in [9.17, 15) is 22.0 Å². The standard InChI is InChI=1S/C20H16F2N4O3S2/c1-11(26-31(28,29)18-3-2-8-30-18)20(27)23-13-5-7-16-17(10-13)25-19(24-16)14-9-12(21)4-6-15(14)22/h2-11,26H,1H3,(H,23,27)(H,24,25). The number of sulfonamides is 1. The summed E-state index contributed by atoms with van der Waals surface area (Å²) in [5.41, 5.74) is 1.35. The molecule has 7 nitrogen and oxygen atoms in total. The Bertz CT molecular complexity index is 1370. The van der Waals surface area contributed by atoms with Gasteiger partial charge in [-0.1, -0.05) is 6.07 Å². The molecule has 1 amide bonds. The quantitative estimate of drug-likeness (QED) is 0.405. The Hall–Kier alpha value is -3.15. The third-order valence-electron chi connectivity index (χ3n) is 4.42. The average Bonchev–Trinajstić information content (AvgIpc) is 3.39. The van der Waals surface area contributed by atoms with E-state index < -0.39 is 33.6 Å². The molecule has 0 fully saturated rings. The zero-order chi connectivity index (χ0) is 22.2. The van der Waals surface area contributed by atoms with Crippen LogP contribution < -0.4 is 10.0 Å². The van der Waals surface area contributed by atoms with Gasteiger partial charge in [0.2, 0.25) is 5.91 Å². The second-order valence-electron chi connectivity index (χ2n) is 6.71. The van der Waals surface area contributed by atoms with E-state index in [2.05, 4.69) is 20.0 Å². The largest absolute Gasteiger partial charge is 0.338 e. The minimum atomic E-state index is -3.80. The first-order chi connectivity index (χ1) is 14.7. The van der Waals surface area contributed by atoms with Crippen LogP contribution in [0.4, 0.5) is 14.5 Å². The molecule has 31 heavy (non-hydrogen) atoms. The van der Waals surface area contributed by atoms with Gasteiger partial charge in [-0.25, -0.2) is 22.2 Å². The lowest BCUT2D eigenvalue weighted by Gasteiger charge is -2.13. The normalized spacial score (nSPS) is 12.7. The van der Waals surface area contributed by atoms with Crippen molar-refractivity contribution in [2.75, 3.05) is 5.32 Å². The fourth-order valence-corrected chi connectivity index (χ4v) is 5.12. The van der Waals surface area contributed by atoms with Crippen molar-refractivity contribution in [3.05, 3.63) is 65.5 Å². The van der Waals surface area contributed by atoms with E-state index in [4.69, 9.17) is 0 Å². The van der Waals surface area contributed by atoms with Gasteiger partial charge in [-0.2, -0.15) is 4.72 Å². The number of anilines is 1. The van der Waals surface area contributed by atoms with Crippen LogP contribution in [-0.4, -0.2) is 30.3 Å². The predicted molar refractivity (Wildman–Crippen MR) is 114 cm³/mol. The molecule has 0 aliphatic heterocycles. The van der Waals surface area contributed by atoms with Crippen molar-refractivity contribution in [2.45, 2.75) is 17.2 Å². The second kappa shape index (κ2) is 8.17. The molecule has 0 aliphatic carbocycles. The first kappa shape index (κ1) is 21.1. The first-order valence-electron chi connectivity index (χ1n) is 9.05. The average molecular weight is 463 g/mol. The van der Waals surface area contributed by atoms with Gasteiger partial charge in [0.05, 0.1) is 22.6 Å². The van der Waals surface area contributed by atoms with Crippen molar-refractivity contribution in [1.82, 2.24) is 14.7 Å². The third kappa shape index (κ3) is 4.48. The van der Waals surface area contributed by atoms with Crippen LogP contribution in [0.5, 0.6) is 0 Å². The number of halogens is 2. The lowest BCUT2D eigenvalue weighted by Crippen LogP contribution is -2.41. The Morgan fingerprint density at radius 3 is 2.71 bits per heavy atom. The highest BCUT2D eigenvalue weighted by molar-refractivity contribution is 7.91. The highest BCUT2D eigenvalue weighted by Crippen LogP contribution is 2.25. The zero-order valence-electron chi connectivity index (χ0n) is 16.0. The number of nitrogens with one attached hydrogen (secondary N) is 3. The van der Waals surface area contributed by atoms with Crippen molar-refractivity contribution >= 4 is 44.0 Å². The number of benzene rings is 2. The van der Waals surface area contributed by atoms with E-state index in [0.29, 0.717) is 16.7 Å².